The van der Waals surface area contributed by atoms with Crippen molar-refractivity contribution >= 4 is 5.91 Å². The number of carbonyl (C=O) groups excluding carboxylic acids is 1. The van der Waals surface area contributed by atoms with Crippen LogP contribution in [0.2, 0.25) is 0 Å². The fourth-order valence-corrected chi connectivity index (χ4v) is 3.66. The molecule has 0 aromatic carbocycles. The van der Waals surface area contributed by atoms with Crippen LogP contribution in [0.4, 0.5) is 0 Å². The van der Waals surface area contributed by atoms with E-state index in [1.807, 2.05) is 4.90 Å². The number of aromatic nitrogens is 3. The van der Waals surface area contributed by atoms with Crippen molar-refractivity contribution in [1.82, 2.24) is 19.9 Å². The zero-order valence-corrected chi connectivity index (χ0v) is 11.9. The van der Waals surface area contributed by atoms with Gasteiger partial charge in [0.05, 0.1) is 12.7 Å². The maximum absolute atomic E-state index is 12.7. The second-order valence-electron chi connectivity index (χ2n) is 5.91. The summed E-state index contributed by atoms with van der Waals surface area (Å²) in [5.41, 5.74) is 5.95. The van der Waals surface area contributed by atoms with Crippen molar-refractivity contribution in [1.29, 1.82) is 0 Å². The molecular weight excluding hydrogens is 254 g/mol. The molecule has 2 N–H and O–H groups in total. The van der Waals surface area contributed by atoms with Gasteiger partial charge >= 0.3 is 0 Å². The first-order chi connectivity index (χ1) is 9.79. The van der Waals surface area contributed by atoms with Gasteiger partial charge in [-0.2, -0.15) is 0 Å². The molecule has 1 aromatic rings. The van der Waals surface area contributed by atoms with Crippen LogP contribution in [-0.2, 0) is 6.54 Å². The van der Waals surface area contributed by atoms with Crippen LogP contribution >= 0.6 is 0 Å². The third-order valence-electron chi connectivity index (χ3n) is 4.62. The first-order valence-corrected chi connectivity index (χ1v) is 7.71. The number of amides is 1. The normalized spacial score (nSPS) is 26.4. The zero-order valence-electron chi connectivity index (χ0n) is 11.9. The van der Waals surface area contributed by atoms with Crippen LogP contribution in [0.3, 0.4) is 0 Å². The average Bonchev–Trinajstić information content (AvgIpc) is 2.95. The van der Waals surface area contributed by atoms with Gasteiger partial charge in [0.1, 0.15) is 0 Å². The molecule has 1 aliphatic heterocycles. The molecule has 0 bridgehead atoms. The van der Waals surface area contributed by atoms with Gasteiger partial charge in [-0.15, -0.1) is 5.10 Å². The summed E-state index contributed by atoms with van der Waals surface area (Å²) >= 11 is 0. The number of carbonyl (C=O) groups is 1. The predicted octanol–water partition coefficient (Wildman–Crippen LogP) is 1.03. The fraction of sp³-hybridized carbons (Fsp3) is 0.786. The number of piperidine rings is 1. The molecule has 0 radical (unpaired) electrons. The number of nitrogens with zero attached hydrogens (tertiary/aromatic N) is 4. The summed E-state index contributed by atoms with van der Waals surface area (Å²) in [7, 11) is 0. The monoisotopic (exact) mass is 277 g/mol. The molecule has 0 spiro atoms. The second-order valence-corrected chi connectivity index (χ2v) is 5.91. The maximum Gasteiger partial charge on any atom is 0.276 e. The topological polar surface area (TPSA) is 77.0 Å². The Balaban J connectivity index is 1.74. The van der Waals surface area contributed by atoms with Crippen molar-refractivity contribution in [2.24, 2.45) is 11.7 Å². The van der Waals surface area contributed by atoms with E-state index in [0.717, 1.165) is 19.4 Å². The maximum atomic E-state index is 12.7. The number of likely N-dealkylation sites (tertiary alicyclic amines) is 1. The van der Waals surface area contributed by atoms with E-state index in [0.29, 0.717) is 30.7 Å². The Hall–Kier alpha value is -1.43. The van der Waals surface area contributed by atoms with E-state index < -0.39 is 0 Å². The predicted molar refractivity (Wildman–Crippen MR) is 75.1 cm³/mol. The zero-order chi connectivity index (χ0) is 13.9. The molecule has 2 atom stereocenters. The van der Waals surface area contributed by atoms with E-state index >= 15 is 0 Å². The lowest BCUT2D eigenvalue weighted by Crippen LogP contribution is -2.49. The Morgan fingerprint density at radius 1 is 1.30 bits per heavy atom. The first kappa shape index (κ1) is 13.5. The summed E-state index contributed by atoms with van der Waals surface area (Å²) < 4.78 is 1.65. The number of hydrogen-bond acceptors (Lipinski definition) is 4. The lowest BCUT2D eigenvalue weighted by Gasteiger charge is -2.43. The molecule has 2 heterocycles. The molecule has 1 saturated heterocycles. The number of hydrogen-bond donors (Lipinski definition) is 1. The molecule has 6 nitrogen and oxygen atoms in total. The lowest BCUT2D eigenvalue weighted by molar-refractivity contribution is 0.0385. The van der Waals surface area contributed by atoms with Crippen molar-refractivity contribution in [3.63, 3.8) is 0 Å². The molecule has 1 aromatic heterocycles. The van der Waals surface area contributed by atoms with Gasteiger partial charge in [-0.1, -0.05) is 18.1 Å². The van der Waals surface area contributed by atoms with E-state index in [1.54, 1.807) is 10.9 Å². The van der Waals surface area contributed by atoms with Crippen molar-refractivity contribution < 1.29 is 4.79 Å². The minimum absolute atomic E-state index is 0.0462. The van der Waals surface area contributed by atoms with E-state index in [-0.39, 0.29) is 5.91 Å². The van der Waals surface area contributed by atoms with Gasteiger partial charge in [-0.25, -0.2) is 0 Å². The molecule has 1 saturated carbocycles. The molecular formula is C14H23N5O. The quantitative estimate of drug-likeness (QED) is 0.895. The SMILES string of the molecule is NCCn1cc(C(=O)N2CCCC3CCCCC32)nn1. The number of fused-ring (bicyclic) bond motifs is 1. The highest BCUT2D eigenvalue weighted by Crippen LogP contribution is 2.35. The molecule has 1 amide bonds. The van der Waals surface area contributed by atoms with Crippen LogP contribution in [0.5, 0.6) is 0 Å². The van der Waals surface area contributed by atoms with Gasteiger partial charge < -0.3 is 10.6 Å². The molecule has 2 unspecified atom stereocenters. The van der Waals surface area contributed by atoms with Crippen molar-refractivity contribution in [2.75, 3.05) is 13.1 Å². The summed E-state index contributed by atoms with van der Waals surface area (Å²) in [5.74, 6) is 0.741. The minimum atomic E-state index is 0.0462. The van der Waals surface area contributed by atoms with Crippen LogP contribution in [0, 0.1) is 5.92 Å². The number of nitrogens with two attached hydrogens (primary N) is 1. The Morgan fingerprint density at radius 2 is 2.10 bits per heavy atom. The van der Waals surface area contributed by atoms with Gasteiger partial charge in [0.2, 0.25) is 0 Å². The van der Waals surface area contributed by atoms with Crippen LogP contribution in [-0.4, -0.2) is 44.9 Å². The highest BCUT2D eigenvalue weighted by molar-refractivity contribution is 5.92. The van der Waals surface area contributed by atoms with Gasteiger partial charge in [-0.3, -0.25) is 9.48 Å². The summed E-state index contributed by atoms with van der Waals surface area (Å²) in [6.45, 7) is 1.97. The highest BCUT2D eigenvalue weighted by Gasteiger charge is 2.36. The van der Waals surface area contributed by atoms with Crippen LogP contribution in [0.25, 0.3) is 0 Å². The van der Waals surface area contributed by atoms with Gasteiger partial charge in [0, 0.05) is 19.1 Å². The molecule has 1 aliphatic carbocycles. The molecule has 20 heavy (non-hydrogen) atoms. The van der Waals surface area contributed by atoms with Crippen molar-refractivity contribution in [3.05, 3.63) is 11.9 Å². The molecule has 6 heteroatoms. The van der Waals surface area contributed by atoms with Crippen LogP contribution in [0.1, 0.15) is 49.0 Å². The highest BCUT2D eigenvalue weighted by atomic mass is 16.2. The average molecular weight is 277 g/mol. The van der Waals surface area contributed by atoms with Crippen molar-refractivity contribution in [3.8, 4) is 0 Å². The molecule has 110 valence electrons. The molecule has 2 fully saturated rings. The van der Waals surface area contributed by atoms with E-state index in [1.165, 1.54) is 25.7 Å². The lowest BCUT2D eigenvalue weighted by atomic mass is 9.78. The standard InChI is InChI=1S/C14H23N5O/c15-7-9-18-10-12(16-17-18)14(20)19-8-3-5-11-4-1-2-6-13(11)19/h10-11,13H,1-9,15H2. The van der Waals surface area contributed by atoms with Gasteiger partial charge in [-0.05, 0) is 31.6 Å². The summed E-state index contributed by atoms with van der Waals surface area (Å²) in [4.78, 5) is 14.7. The van der Waals surface area contributed by atoms with Gasteiger partial charge in [0.15, 0.2) is 5.69 Å². The molecule has 3 rings (SSSR count). The Morgan fingerprint density at radius 3 is 2.95 bits per heavy atom. The Bertz CT molecular complexity index is 470. The largest absolute Gasteiger partial charge is 0.334 e. The third kappa shape index (κ3) is 2.57. The first-order valence-electron chi connectivity index (χ1n) is 7.71. The third-order valence-corrected chi connectivity index (χ3v) is 4.62. The Labute approximate surface area is 119 Å². The van der Waals surface area contributed by atoms with Crippen LogP contribution < -0.4 is 5.73 Å². The van der Waals surface area contributed by atoms with Crippen LogP contribution in [0.15, 0.2) is 6.20 Å². The Kier molecular flexibility index (Phi) is 4.00. The van der Waals surface area contributed by atoms with E-state index in [4.69, 9.17) is 5.73 Å². The molecule has 2 aliphatic rings. The smallest absolute Gasteiger partial charge is 0.276 e. The fourth-order valence-electron chi connectivity index (χ4n) is 3.66. The number of rotatable bonds is 3. The summed E-state index contributed by atoms with van der Waals surface area (Å²) in [6, 6.07) is 0.421. The van der Waals surface area contributed by atoms with Gasteiger partial charge in [0.25, 0.3) is 5.91 Å². The summed E-state index contributed by atoms with van der Waals surface area (Å²) in [5, 5.41) is 7.98. The second kappa shape index (κ2) is 5.91. The minimum Gasteiger partial charge on any atom is -0.334 e. The summed E-state index contributed by atoms with van der Waals surface area (Å²) in [6.07, 6.45) is 9.09. The van der Waals surface area contributed by atoms with Crippen molar-refractivity contribution in [2.45, 2.75) is 51.1 Å². The van der Waals surface area contributed by atoms with E-state index in [9.17, 15) is 4.79 Å². The van der Waals surface area contributed by atoms with E-state index in [2.05, 4.69) is 10.3 Å².